The molecule has 2 rings (SSSR count). The number of carbonyl (C=O) groups excluding carboxylic acids is 3. The molecule has 6 nitrogen and oxygen atoms in total. The number of hydrogen-bond acceptors (Lipinski definition) is 5. The molecule has 0 fully saturated rings. The minimum Gasteiger partial charge on any atom is -0.497 e. The van der Waals surface area contributed by atoms with Crippen molar-refractivity contribution >= 4 is 17.7 Å². The zero-order valence-corrected chi connectivity index (χ0v) is 15.9. The number of hydrogen-bond donors (Lipinski definition) is 1. The van der Waals surface area contributed by atoms with Gasteiger partial charge in [-0.2, -0.15) is 0 Å². The van der Waals surface area contributed by atoms with Crippen molar-refractivity contribution in [1.82, 2.24) is 5.32 Å². The van der Waals surface area contributed by atoms with Crippen LogP contribution in [0.4, 0.5) is 4.39 Å². The van der Waals surface area contributed by atoms with E-state index in [1.165, 1.54) is 19.2 Å². The number of amides is 1. The summed E-state index contributed by atoms with van der Waals surface area (Å²) in [6.07, 6.45) is 0. The summed E-state index contributed by atoms with van der Waals surface area (Å²) in [6, 6.07) is 10.4. The number of Topliss-reactive ketones (excluding diaryl/α,β-unsaturated/α-hetero) is 1. The minimum atomic E-state index is -0.943. The lowest BCUT2D eigenvalue weighted by Crippen LogP contribution is -2.45. The summed E-state index contributed by atoms with van der Waals surface area (Å²) in [4.78, 5) is 36.8. The predicted molar refractivity (Wildman–Crippen MR) is 101 cm³/mol. The van der Waals surface area contributed by atoms with Gasteiger partial charge in [-0.05, 0) is 54.4 Å². The third-order valence-corrected chi connectivity index (χ3v) is 4.07. The Morgan fingerprint density at radius 1 is 0.964 bits per heavy atom. The summed E-state index contributed by atoms with van der Waals surface area (Å²) in [7, 11) is 1.52. The fourth-order valence-corrected chi connectivity index (χ4v) is 2.41. The summed E-state index contributed by atoms with van der Waals surface area (Å²) >= 11 is 0. The average molecular weight is 387 g/mol. The molecule has 1 unspecified atom stereocenters. The molecule has 0 saturated heterocycles. The first kappa shape index (κ1) is 21.1. The van der Waals surface area contributed by atoms with Crippen LogP contribution in [-0.2, 0) is 9.53 Å². The average Bonchev–Trinajstić information content (AvgIpc) is 2.70. The molecule has 1 amide bonds. The van der Waals surface area contributed by atoms with E-state index in [1.54, 1.807) is 38.1 Å². The Kier molecular flexibility index (Phi) is 7.26. The van der Waals surface area contributed by atoms with Gasteiger partial charge >= 0.3 is 5.97 Å². The van der Waals surface area contributed by atoms with Crippen molar-refractivity contribution in [3.63, 3.8) is 0 Å². The maximum atomic E-state index is 13.0. The van der Waals surface area contributed by atoms with Gasteiger partial charge in [0.05, 0.1) is 7.11 Å². The van der Waals surface area contributed by atoms with Crippen LogP contribution in [-0.4, -0.2) is 37.4 Å². The Morgan fingerprint density at radius 2 is 1.54 bits per heavy atom. The van der Waals surface area contributed by atoms with Gasteiger partial charge in [0.1, 0.15) is 17.6 Å². The van der Waals surface area contributed by atoms with Crippen LogP contribution in [0.25, 0.3) is 0 Å². The summed E-state index contributed by atoms with van der Waals surface area (Å²) in [5.41, 5.74) is 0.596. The van der Waals surface area contributed by atoms with Crippen LogP contribution in [0.15, 0.2) is 48.5 Å². The van der Waals surface area contributed by atoms with Crippen LogP contribution in [0, 0.1) is 11.7 Å². The molecular formula is C21H22FNO5. The first-order chi connectivity index (χ1) is 13.3. The number of benzene rings is 2. The molecule has 0 heterocycles. The molecule has 148 valence electrons. The first-order valence-electron chi connectivity index (χ1n) is 8.72. The van der Waals surface area contributed by atoms with Crippen molar-refractivity contribution < 1.29 is 28.2 Å². The van der Waals surface area contributed by atoms with Crippen LogP contribution in [0.1, 0.15) is 34.6 Å². The van der Waals surface area contributed by atoms with Gasteiger partial charge in [-0.1, -0.05) is 13.8 Å². The second kappa shape index (κ2) is 9.64. The highest BCUT2D eigenvalue weighted by molar-refractivity contribution is 5.99. The standard InChI is InChI=1S/C21H22FNO5/c1-13(2)19(23-20(25)15-4-8-16(22)9-5-15)21(26)28-12-18(24)14-6-10-17(27-3)11-7-14/h4-11,13,19H,12H2,1-3H3,(H,23,25). The van der Waals surface area contributed by atoms with E-state index >= 15 is 0 Å². The Bertz CT molecular complexity index is 831. The van der Waals surface area contributed by atoms with Gasteiger partial charge in [-0.25, -0.2) is 9.18 Å². The Morgan fingerprint density at radius 3 is 2.07 bits per heavy atom. The monoisotopic (exact) mass is 387 g/mol. The smallest absolute Gasteiger partial charge is 0.329 e. The van der Waals surface area contributed by atoms with Gasteiger partial charge in [0.2, 0.25) is 0 Å². The Balaban J connectivity index is 1.97. The van der Waals surface area contributed by atoms with Gasteiger partial charge < -0.3 is 14.8 Å². The molecule has 0 saturated carbocycles. The lowest BCUT2D eigenvalue weighted by atomic mass is 10.0. The maximum Gasteiger partial charge on any atom is 0.329 e. The molecule has 7 heteroatoms. The van der Waals surface area contributed by atoms with Gasteiger partial charge in [0.25, 0.3) is 5.91 Å². The number of rotatable bonds is 8. The first-order valence-corrected chi connectivity index (χ1v) is 8.72. The topological polar surface area (TPSA) is 81.7 Å². The lowest BCUT2D eigenvalue weighted by Gasteiger charge is -2.20. The third-order valence-electron chi connectivity index (χ3n) is 4.07. The molecule has 0 bridgehead atoms. The number of ketones is 1. The van der Waals surface area contributed by atoms with Crippen LogP contribution >= 0.6 is 0 Å². The van der Waals surface area contributed by atoms with E-state index in [2.05, 4.69) is 5.32 Å². The van der Waals surface area contributed by atoms with E-state index in [0.717, 1.165) is 12.1 Å². The zero-order chi connectivity index (χ0) is 20.7. The van der Waals surface area contributed by atoms with Crippen molar-refractivity contribution in [3.8, 4) is 5.75 Å². The number of halogens is 1. The highest BCUT2D eigenvalue weighted by atomic mass is 19.1. The fraction of sp³-hybridized carbons (Fsp3) is 0.286. The maximum absolute atomic E-state index is 13.0. The molecule has 0 aromatic heterocycles. The van der Waals surface area contributed by atoms with E-state index in [9.17, 15) is 18.8 Å². The lowest BCUT2D eigenvalue weighted by molar-refractivity contribution is -0.145. The quantitative estimate of drug-likeness (QED) is 0.556. The van der Waals surface area contributed by atoms with E-state index in [1.807, 2.05) is 0 Å². The molecule has 0 spiro atoms. The van der Waals surface area contributed by atoms with Crippen molar-refractivity contribution in [2.45, 2.75) is 19.9 Å². The zero-order valence-electron chi connectivity index (χ0n) is 15.9. The van der Waals surface area contributed by atoms with Crippen LogP contribution < -0.4 is 10.1 Å². The second-order valence-corrected chi connectivity index (χ2v) is 6.46. The molecule has 0 aliphatic rings. The predicted octanol–water partition coefficient (Wildman–Crippen LogP) is 3.01. The van der Waals surface area contributed by atoms with Gasteiger partial charge in [0.15, 0.2) is 12.4 Å². The summed E-state index contributed by atoms with van der Waals surface area (Å²) < 4.78 is 23.1. The molecule has 1 N–H and O–H groups in total. The van der Waals surface area contributed by atoms with Crippen molar-refractivity contribution in [2.24, 2.45) is 5.92 Å². The van der Waals surface area contributed by atoms with E-state index in [0.29, 0.717) is 11.3 Å². The van der Waals surface area contributed by atoms with Crippen molar-refractivity contribution in [1.29, 1.82) is 0 Å². The SMILES string of the molecule is COc1ccc(C(=O)COC(=O)C(NC(=O)c2ccc(F)cc2)C(C)C)cc1. The van der Waals surface area contributed by atoms with E-state index in [4.69, 9.17) is 9.47 Å². The molecule has 0 aliphatic heterocycles. The third kappa shape index (κ3) is 5.64. The fourth-order valence-electron chi connectivity index (χ4n) is 2.41. The number of carbonyl (C=O) groups is 3. The second-order valence-electron chi connectivity index (χ2n) is 6.46. The van der Waals surface area contributed by atoms with Gasteiger partial charge in [-0.3, -0.25) is 9.59 Å². The molecule has 2 aromatic carbocycles. The summed E-state index contributed by atoms with van der Waals surface area (Å²) in [5, 5.41) is 2.57. The molecular weight excluding hydrogens is 365 g/mol. The van der Waals surface area contributed by atoms with Crippen LogP contribution in [0.3, 0.4) is 0 Å². The van der Waals surface area contributed by atoms with Gasteiger partial charge in [-0.15, -0.1) is 0 Å². The van der Waals surface area contributed by atoms with E-state index < -0.39 is 30.3 Å². The number of esters is 1. The van der Waals surface area contributed by atoms with Crippen molar-refractivity contribution in [3.05, 3.63) is 65.5 Å². The molecule has 1 atom stereocenters. The summed E-state index contributed by atoms with van der Waals surface area (Å²) in [6.45, 7) is 3.03. The van der Waals surface area contributed by atoms with Crippen molar-refractivity contribution in [2.75, 3.05) is 13.7 Å². The van der Waals surface area contributed by atoms with Crippen LogP contribution in [0.5, 0.6) is 5.75 Å². The Labute approximate surface area is 162 Å². The van der Waals surface area contributed by atoms with Gasteiger partial charge in [0, 0.05) is 11.1 Å². The minimum absolute atomic E-state index is 0.217. The highest BCUT2D eigenvalue weighted by Crippen LogP contribution is 2.13. The largest absolute Gasteiger partial charge is 0.497 e. The van der Waals surface area contributed by atoms with Crippen LogP contribution in [0.2, 0.25) is 0 Å². The molecule has 0 radical (unpaired) electrons. The number of methoxy groups -OCH3 is 1. The molecule has 2 aromatic rings. The number of nitrogens with one attached hydrogen (secondary N) is 1. The normalized spacial score (nSPS) is 11.6. The molecule has 0 aliphatic carbocycles. The van der Waals surface area contributed by atoms with E-state index in [-0.39, 0.29) is 17.3 Å². The summed E-state index contributed by atoms with van der Waals surface area (Å²) in [5.74, 6) is -1.74. The molecule has 28 heavy (non-hydrogen) atoms. The highest BCUT2D eigenvalue weighted by Gasteiger charge is 2.27. The number of ether oxygens (including phenoxy) is 2. The Hall–Kier alpha value is -3.22.